The summed E-state index contributed by atoms with van der Waals surface area (Å²) in [6, 6.07) is 4.01. The molecule has 0 saturated carbocycles. The maximum Gasteiger partial charge on any atom is 0.332 e. The van der Waals surface area contributed by atoms with Crippen molar-refractivity contribution in [2.45, 2.75) is 18.7 Å². The lowest BCUT2D eigenvalue weighted by atomic mass is 10.3. The van der Waals surface area contributed by atoms with Crippen LogP contribution in [0.4, 0.5) is 5.69 Å². The van der Waals surface area contributed by atoms with Crippen LogP contribution in [0.3, 0.4) is 0 Å². The van der Waals surface area contributed by atoms with Gasteiger partial charge in [-0.05, 0) is 18.2 Å². The first-order chi connectivity index (χ1) is 11.8. The Morgan fingerprint density at radius 3 is 2.40 bits per heavy atom. The van der Waals surface area contributed by atoms with Crippen molar-refractivity contribution in [1.82, 2.24) is 4.31 Å². The number of amides is 1. The molecule has 0 heterocycles. The van der Waals surface area contributed by atoms with Gasteiger partial charge in [-0.25, -0.2) is 13.2 Å². The second kappa shape index (κ2) is 9.71. The molecule has 0 bridgehead atoms. The van der Waals surface area contributed by atoms with Gasteiger partial charge in [0.1, 0.15) is 6.61 Å². The third kappa shape index (κ3) is 5.96. The van der Waals surface area contributed by atoms with E-state index in [1.54, 1.807) is 13.8 Å². The molecule has 0 fully saturated rings. The van der Waals surface area contributed by atoms with Gasteiger partial charge in [0.15, 0.2) is 6.61 Å². The first-order valence-corrected chi connectivity index (χ1v) is 9.32. The molecule has 1 amide bonds. The average Bonchev–Trinajstić information content (AvgIpc) is 2.56. The van der Waals surface area contributed by atoms with Gasteiger partial charge >= 0.3 is 5.97 Å². The molecule has 140 valence electrons. The van der Waals surface area contributed by atoms with Crippen molar-refractivity contribution < 1.29 is 27.5 Å². The number of carbonyl (C=O) groups is 2. The molecule has 0 unspecified atom stereocenters. The summed E-state index contributed by atoms with van der Waals surface area (Å²) in [6.45, 7) is 3.29. The second-order valence-electron chi connectivity index (χ2n) is 4.87. The molecule has 10 heteroatoms. The SMILES string of the molecule is CCN(CC)S(=O)(=O)c1ccc(Cl)c(NC(=O)COC(=O)COC)c1. The number of rotatable bonds is 9. The molecule has 0 aromatic heterocycles. The van der Waals surface area contributed by atoms with Gasteiger partial charge in [0.25, 0.3) is 5.91 Å². The van der Waals surface area contributed by atoms with Crippen LogP contribution >= 0.6 is 11.6 Å². The number of hydrogen-bond acceptors (Lipinski definition) is 6. The van der Waals surface area contributed by atoms with Gasteiger partial charge < -0.3 is 14.8 Å². The molecule has 0 atom stereocenters. The van der Waals surface area contributed by atoms with E-state index in [4.69, 9.17) is 11.6 Å². The van der Waals surface area contributed by atoms with Gasteiger partial charge in [0.05, 0.1) is 15.6 Å². The summed E-state index contributed by atoms with van der Waals surface area (Å²) < 4.78 is 35.6. The molecular weight excluding hydrogens is 372 g/mol. The van der Waals surface area contributed by atoms with Crippen LogP contribution in [0.1, 0.15) is 13.8 Å². The molecule has 25 heavy (non-hydrogen) atoms. The summed E-state index contributed by atoms with van der Waals surface area (Å²) in [5.74, 6) is -1.34. The number of ether oxygens (including phenoxy) is 2. The van der Waals surface area contributed by atoms with Gasteiger partial charge in [0, 0.05) is 20.2 Å². The van der Waals surface area contributed by atoms with E-state index in [1.807, 2.05) is 0 Å². The van der Waals surface area contributed by atoms with Crippen LogP contribution in [0.25, 0.3) is 0 Å². The molecule has 0 radical (unpaired) electrons. The van der Waals surface area contributed by atoms with E-state index < -0.39 is 28.5 Å². The number of sulfonamides is 1. The molecule has 1 rings (SSSR count). The number of nitrogens with one attached hydrogen (secondary N) is 1. The number of methoxy groups -OCH3 is 1. The second-order valence-corrected chi connectivity index (χ2v) is 7.22. The lowest BCUT2D eigenvalue weighted by Gasteiger charge is -2.19. The van der Waals surface area contributed by atoms with Crippen LogP contribution in [0.15, 0.2) is 23.1 Å². The molecule has 0 aliphatic rings. The highest BCUT2D eigenvalue weighted by molar-refractivity contribution is 7.89. The number of benzene rings is 1. The number of hydrogen-bond donors (Lipinski definition) is 1. The van der Waals surface area contributed by atoms with E-state index in [0.717, 1.165) is 0 Å². The first-order valence-electron chi connectivity index (χ1n) is 7.50. The van der Waals surface area contributed by atoms with Crippen LogP contribution in [0, 0.1) is 0 Å². The van der Waals surface area contributed by atoms with Gasteiger partial charge in [-0.1, -0.05) is 25.4 Å². The molecule has 1 aromatic rings. The van der Waals surface area contributed by atoms with Crippen molar-refractivity contribution in [3.05, 3.63) is 23.2 Å². The largest absolute Gasteiger partial charge is 0.454 e. The molecular formula is C15H21ClN2O6S. The zero-order valence-corrected chi connectivity index (χ0v) is 15.8. The fraction of sp³-hybridized carbons (Fsp3) is 0.467. The van der Waals surface area contributed by atoms with E-state index in [-0.39, 0.29) is 22.2 Å². The summed E-state index contributed by atoms with van der Waals surface area (Å²) in [5, 5.41) is 2.59. The van der Waals surface area contributed by atoms with Crippen LogP contribution < -0.4 is 5.32 Å². The van der Waals surface area contributed by atoms with Crippen molar-refractivity contribution in [2.75, 3.05) is 38.7 Å². The zero-order chi connectivity index (χ0) is 19.0. The van der Waals surface area contributed by atoms with E-state index >= 15 is 0 Å². The normalized spacial score (nSPS) is 11.4. The highest BCUT2D eigenvalue weighted by Gasteiger charge is 2.23. The predicted molar refractivity (Wildman–Crippen MR) is 93.0 cm³/mol. The fourth-order valence-corrected chi connectivity index (χ4v) is 3.61. The maximum absolute atomic E-state index is 12.5. The Kier molecular flexibility index (Phi) is 8.30. The summed E-state index contributed by atoms with van der Waals surface area (Å²) in [5.41, 5.74) is 0.114. The first kappa shape index (κ1) is 21.4. The minimum Gasteiger partial charge on any atom is -0.454 e. The van der Waals surface area contributed by atoms with E-state index in [0.29, 0.717) is 13.1 Å². The Morgan fingerprint density at radius 2 is 1.84 bits per heavy atom. The Hall–Kier alpha value is -1.68. The lowest BCUT2D eigenvalue weighted by molar-refractivity contribution is -0.150. The average molecular weight is 393 g/mol. The van der Waals surface area contributed by atoms with Crippen molar-refractivity contribution >= 4 is 39.2 Å². The Bertz CT molecular complexity index is 719. The number of halogens is 1. The monoisotopic (exact) mass is 392 g/mol. The van der Waals surface area contributed by atoms with Gasteiger partial charge in [-0.3, -0.25) is 4.79 Å². The van der Waals surface area contributed by atoms with Crippen LogP contribution in [-0.4, -0.2) is 58.0 Å². The molecule has 8 nitrogen and oxygen atoms in total. The topological polar surface area (TPSA) is 102 Å². The van der Waals surface area contributed by atoms with E-state index in [2.05, 4.69) is 14.8 Å². The highest BCUT2D eigenvalue weighted by atomic mass is 35.5. The van der Waals surface area contributed by atoms with Crippen molar-refractivity contribution in [2.24, 2.45) is 0 Å². The standard InChI is InChI=1S/C15H21ClN2O6S/c1-4-18(5-2)25(21,22)11-6-7-12(16)13(8-11)17-14(19)9-24-15(20)10-23-3/h6-8H,4-5,9-10H2,1-3H3,(H,17,19). The summed E-state index contributed by atoms with van der Waals surface area (Å²) in [4.78, 5) is 23.0. The fourth-order valence-electron chi connectivity index (χ4n) is 1.97. The molecule has 0 aliphatic carbocycles. The quantitative estimate of drug-likeness (QED) is 0.639. The Labute approximate surface area is 152 Å². The predicted octanol–water partition coefficient (Wildman–Crippen LogP) is 1.50. The van der Waals surface area contributed by atoms with Gasteiger partial charge in [0.2, 0.25) is 10.0 Å². The van der Waals surface area contributed by atoms with Crippen LogP contribution in [-0.2, 0) is 29.1 Å². The summed E-state index contributed by atoms with van der Waals surface area (Å²) in [6.07, 6.45) is 0. The van der Waals surface area contributed by atoms with Crippen LogP contribution in [0.2, 0.25) is 5.02 Å². The van der Waals surface area contributed by atoms with Gasteiger partial charge in [-0.2, -0.15) is 4.31 Å². The number of anilines is 1. The van der Waals surface area contributed by atoms with E-state index in [1.165, 1.54) is 29.6 Å². The van der Waals surface area contributed by atoms with Crippen molar-refractivity contribution in [3.63, 3.8) is 0 Å². The molecule has 0 aliphatic heterocycles. The number of esters is 1. The minimum absolute atomic E-state index is 0.00674. The van der Waals surface area contributed by atoms with Gasteiger partial charge in [-0.15, -0.1) is 0 Å². The smallest absolute Gasteiger partial charge is 0.332 e. The summed E-state index contributed by atoms with van der Waals surface area (Å²) >= 11 is 6.00. The Morgan fingerprint density at radius 1 is 1.20 bits per heavy atom. The summed E-state index contributed by atoms with van der Waals surface area (Å²) in [7, 11) is -2.37. The highest BCUT2D eigenvalue weighted by Crippen LogP contribution is 2.27. The minimum atomic E-state index is -3.69. The molecule has 0 spiro atoms. The van der Waals surface area contributed by atoms with E-state index in [9.17, 15) is 18.0 Å². The zero-order valence-electron chi connectivity index (χ0n) is 14.2. The van der Waals surface area contributed by atoms with Crippen LogP contribution in [0.5, 0.6) is 0 Å². The third-order valence-corrected chi connectivity index (χ3v) is 5.56. The molecule has 1 aromatic carbocycles. The number of carbonyl (C=O) groups excluding carboxylic acids is 2. The third-order valence-electron chi connectivity index (χ3n) is 3.18. The molecule has 1 N–H and O–H groups in total. The maximum atomic E-state index is 12.5. The van der Waals surface area contributed by atoms with Crippen molar-refractivity contribution in [1.29, 1.82) is 0 Å². The number of nitrogens with zero attached hydrogens (tertiary/aromatic N) is 1. The lowest BCUT2D eigenvalue weighted by Crippen LogP contribution is -2.30. The Balaban J connectivity index is 2.92. The molecule has 0 saturated heterocycles. The van der Waals surface area contributed by atoms with Crippen molar-refractivity contribution in [3.8, 4) is 0 Å².